The Labute approximate surface area is 188 Å². The topological polar surface area (TPSA) is 76.8 Å². The summed E-state index contributed by atoms with van der Waals surface area (Å²) in [4.78, 5) is 19.4. The van der Waals surface area contributed by atoms with Crippen molar-refractivity contribution in [1.29, 1.82) is 0 Å². The molecule has 3 aromatic rings. The molecule has 7 heteroatoms. The highest BCUT2D eigenvalue weighted by atomic mass is 16.5. The quantitative estimate of drug-likeness (QED) is 0.578. The van der Waals surface area contributed by atoms with Crippen LogP contribution in [0.5, 0.6) is 5.88 Å². The van der Waals surface area contributed by atoms with Gasteiger partial charge < -0.3 is 19.2 Å². The van der Waals surface area contributed by atoms with Gasteiger partial charge in [-0.2, -0.15) is 0 Å². The van der Waals surface area contributed by atoms with E-state index in [0.29, 0.717) is 31.2 Å². The van der Waals surface area contributed by atoms with Gasteiger partial charge in [0.1, 0.15) is 17.6 Å². The maximum absolute atomic E-state index is 12.8. The average molecular weight is 436 g/mol. The summed E-state index contributed by atoms with van der Waals surface area (Å²) in [5.74, 6) is 2.01. The second-order valence-corrected chi connectivity index (χ2v) is 7.88. The van der Waals surface area contributed by atoms with E-state index in [9.17, 15) is 4.79 Å². The highest BCUT2D eigenvalue weighted by molar-refractivity contribution is 5.93. The largest absolute Gasteiger partial charge is 0.470 e. The van der Waals surface area contributed by atoms with Crippen molar-refractivity contribution in [3.05, 3.63) is 83.4 Å². The van der Waals surface area contributed by atoms with Gasteiger partial charge in [0.25, 0.3) is 5.91 Å². The van der Waals surface area contributed by atoms with Crippen LogP contribution in [-0.4, -0.2) is 48.6 Å². The molecule has 32 heavy (non-hydrogen) atoms. The van der Waals surface area contributed by atoms with Crippen LogP contribution in [0, 0.1) is 6.92 Å². The lowest BCUT2D eigenvalue weighted by atomic mass is 10.1. The molecule has 1 aromatic carbocycles. The highest BCUT2D eigenvalue weighted by Crippen LogP contribution is 2.24. The number of carbonyl (C=O) groups is 1. The average Bonchev–Trinajstić information content (AvgIpc) is 3.26. The summed E-state index contributed by atoms with van der Waals surface area (Å²) < 4.78 is 17.2. The zero-order valence-electron chi connectivity index (χ0n) is 18.5. The van der Waals surface area contributed by atoms with Crippen molar-refractivity contribution >= 4 is 5.91 Å². The molecule has 0 bridgehead atoms. The summed E-state index contributed by atoms with van der Waals surface area (Å²) in [7, 11) is 0. The minimum Gasteiger partial charge on any atom is -0.470 e. The summed E-state index contributed by atoms with van der Waals surface area (Å²) in [6, 6.07) is 17.3. The summed E-state index contributed by atoms with van der Waals surface area (Å²) in [6.07, 6.45) is 1.41. The standard InChI is InChI=1S/C25H29N3O4/c1-18-8-10-23(31-18)22(28-12-14-30-15-13-28)17-27-25(29)21-9-11-24(26-16-21)32-19(2)20-6-4-3-5-7-20/h3-11,16,19,22H,12-15,17H2,1-2H3,(H,27,29). The van der Waals surface area contributed by atoms with E-state index in [-0.39, 0.29) is 18.1 Å². The van der Waals surface area contributed by atoms with Crippen molar-refractivity contribution in [2.75, 3.05) is 32.8 Å². The van der Waals surface area contributed by atoms with Crippen LogP contribution < -0.4 is 10.1 Å². The fourth-order valence-corrected chi connectivity index (χ4v) is 3.78. The Morgan fingerprint density at radius 2 is 1.91 bits per heavy atom. The molecule has 3 heterocycles. The molecule has 1 amide bonds. The third-order valence-corrected chi connectivity index (χ3v) is 5.60. The number of nitrogens with one attached hydrogen (secondary N) is 1. The Hall–Kier alpha value is -3.16. The van der Waals surface area contributed by atoms with Crippen LogP contribution >= 0.6 is 0 Å². The molecule has 7 nitrogen and oxygen atoms in total. The van der Waals surface area contributed by atoms with E-state index in [1.165, 1.54) is 0 Å². The van der Waals surface area contributed by atoms with Crippen molar-refractivity contribution in [2.45, 2.75) is 26.0 Å². The molecule has 1 aliphatic heterocycles. The molecule has 0 radical (unpaired) electrons. The van der Waals surface area contributed by atoms with Gasteiger partial charge in [-0.3, -0.25) is 9.69 Å². The van der Waals surface area contributed by atoms with Gasteiger partial charge in [-0.25, -0.2) is 4.98 Å². The molecule has 0 saturated carbocycles. The normalized spacial score (nSPS) is 16.3. The molecular formula is C25H29N3O4. The van der Waals surface area contributed by atoms with Crippen LogP contribution in [0.25, 0.3) is 0 Å². The third kappa shape index (κ3) is 5.55. The molecule has 1 saturated heterocycles. The second kappa shape index (κ2) is 10.4. The molecule has 0 spiro atoms. The monoisotopic (exact) mass is 435 g/mol. The lowest BCUT2D eigenvalue weighted by Crippen LogP contribution is -2.43. The van der Waals surface area contributed by atoms with Gasteiger partial charge in [0.05, 0.1) is 24.8 Å². The number of carbonyl (C=O) groups excluding carboxylic acids is 1. The number of aromatic nitrogens is 1. The van der Waals surface area contributed by atoms with Crippen LogP contribution in [-0.2, 0) is 4.74 Å². The maximum Gasteiger partial charge on any atom is 0.252 e. The van der Waals surface area contributed by atoms with E-state index in [1.807, 2.05) is 56.3 Å². The molecule has 1 aliphatic rings. The van der Waals surface area contributed by atoms with E-state index in [0.717, 1.165) is 30.2 Å². The number of hydrogen-bond acceptors (Lipinski definition) is 6. The van der Waals surface area contributed by atoms with Crippen molar-refractivity contribution < 1.29 is 18.7 Å². The Balaban J connectivity index is 1.37. The molecule has 2 atom stereocenters. The first kappa shape index (κ1) is 22.0. The number of benzene rings is 1. The molecule has 1 fully saturated rings. The minimum atomic E-state index is -0.179. The number of morpholine rings is 1. The smallest absolute Gasteiger partial charge is 0.252 e. The molecule has 168 valence electrons. The van der Waals surface area contributed by atoms with E-state index in [1.54, 1.807) is 18.3 Å². The zero-order valence-corrected chi connectivity index (χ0v) is 18.5. The van der Waals surface area contributed by atoms with E-state index < -0.39 is 0 Å². The van der Waals surface area contributed by atoms with Crippen molar-refractivity contribution in [1.82, 2.24) is 15.2 Å². The Kier molecular flexibility index (Phi) is 7.19. The number of amides is 1. The second-order valence-electron chi connectivity index (χ2n) is 7.88. The number of rotatable bonds is 8. The SMILES string of the molecule is Cc1ccc(C(CNC(=O)c2ccc(OC(C)c3ccccc3)nc2)N2CCOCC2)o1. The van der Waals surface area contributed by atoms with Gasteiger partial charge in [-0.15, -0.1) is 0 Å². The molecule has 4 rings (SSSR count). The fourth-order valence-electron chi connectivity index (χ4n) is 3.78. The first-order valence-electron chi connectivity index (χ1n) is 10.9. The summed E-state index contributed by atoms with van der Waals surface area (Å²) in [5.41, 5.74) is 1.56. The van der Waals surface area contributed by atoms with Gasteiger partial charge >= 0.3 is 0 Å². The summed E-state index contributed by atoms with van der Waals surface area (Å²) in [6.45, 7) is 7.29. The fraction of sp³-hybridized carbons (Fsp3) is 0.360. The van der Waals surface area contributed by atoms with Gasteiger partial charge in [-0.05, 0) is 37.6 Å². The maximum atomic E-state index is 12.8. The lowest BCUT2D eigenvalue weighted by molar-refractivity contribution is 0.0117. The number of hydrogen-bond donors (Lipinski definition) is 1. The third-order valence-electron chi connectivity index (χ3n) is 5.60. The minimum absolute atomic E-state index is 0.0427. The van der Waals surface area contributed by atoms with Crippen molar-refractivity contribution in [2.24, 2.45) is 0 Å². The number of furan rings is 1. The predicted molar refractivity (Wildman–Crippen MR) is 121 cm³/mol. The van der Waals surface area contributed by atoms with Gasteiger partial charge in [0, 0.05) is 31.9 Å². The van der Waals surface area contributed by atoms with Gasteiger partial charge in [-0.1, -0.05) is 30.3 Å². The van der Waals surface area contributed by atoms with Crippen molar-refractivity contribution in [3.63, 3.8) is 0 Å². The van der Waals surface area contributed by atoms with Gasteiger partial charge in [0.2, 0.25) is 5.88 Å². The Morgan fingerprint density at radius 3 is 2.56 bits per heavy atom. The molecule has 2 aromatic heterocycles. The molecule has 2 unspecified atom stereocenters. The predicted octanol–water partition coefficient (Wildman–Crippen LogP) is 3.93. The van der Waals surface area contributed by atoms with Crippen LogP contribution in [0.1, 0.15) is 46.5 Å². The number of ether oxygens (including phenoxy) is 2. The molecular weight excluding hydrogens is 406 g/mol. The summed E-state index contributed by atoms with van der Waals surface area (Å²) in [5, 5.41) is 3.03. The first-order chi connectivity index (χ1) is 15.6. The highest BCUT2D eigenvalue weighted by Gasteiger charge is 2.26. The van der Waals surface area contributed by atoms with Crippen LogP contribution in [0.3, 0.4) is 0 Å². The summed E-state index contributed by atoms with van der Waals surface area (Å²) >= 11 is 0. The Morgan fingerprint density at radius 1 is 1.12 bits per heavy atom. The van der Waals surface area contributed by atoms with Crippen molar-refractivity contribution in [3.8, 4) is 5.88 Å². The van der Waals surface area contributed by atoms with Crippen LogP contribution in [0.2, 0.25) is 0 Å². The van der Waals surface area contributed by atoms with Crippen LogP contribution in [0.15, 0.2) is 65.2 Å². The first-order valence-corrected chi connectivity index (χ1v) is 10.9. The van der Waals surface area contributed by atoms with E-state index >= 15 is 0 Å². The van der Waals surface area contributed by atoms with E-state index in [2.05, 4.69) is 15.2 Å². The zero-order chi connectivity index (χ0) is 22.3. The number of nitrogens with zero attached hydrogens (tertiary/aromatic N) is 2. The van der Waals surface area contributed by atoms with E-state index in [4.69, 9.17) is 13.9 Å². The number of pyridine rings is 1. The van der Waals surface area contributed by atoms with Gasteiger partial charge in [0.15, 0.2) is 0 Å². The van der Waals surface area contributed by atoms with Crippen LogP contribution in [0.4, 0.5) is 0 Å². The number of aryl methyl sites for hydroxylation is 1. The lowest BCUT2D eigenvalue weighted by Gasteiger charge is -2.33. The molecule has 1 N–H and O–H groups in total. The Bertz CT molecular complexity index is 998. The molecule has 0 aliphatic carbocycles.